The van der Waals surface area contributed by atoms with Crippen molar-refractivity contribution >= 4 is 0 Å². The zero-order valence-corrected chi connectivity index (χ0v) is 7.26. The minimum atomic E-state index is -2.58. The predicted molar refractivity (Wildman–Crippen MR) is 42.3 cm³/mol. The molecule has 1 atom stereocenters. The Morgan fingerprint density at radius 3 is 2.75 bits per heavy atom. The molecule has 0 radical (unpaired) electrons. The van der Waals surface area contributed by atoms with E-state index in [4.69, 9.17) is 5.11 Å². The molecular formula is C8H15F2NO. The highest BCUT2D eigenvalue weighted by molar-refractivity contribution is 4.83. The van der Waals surface area contributed by atoms with Crippen LogP contribution in [-0.2, 0) is 0 Å². The van der Waals surface area contributed by atoms with E-state index < -0.39 is 11.8 Å². The quantitative estimate of drug-likeness (QED) is 0.682. The van der Waals surface area contributed by atoms with Gasteiger partial charge in [0.25, 0.3) is 5.92 Å². The summed E-state index contributed by atoms with van der Waals surface area (Å²) in [5.41, 5.74) is 0. The second kappa shape index (κ2) is 3.66. The van der Waals surface area contributed by atoms with E-state index in [1.54, 1.807) is 11.8 Å². The van der Waals surface area contributed by atoms with Crippen LogP contribution in [0.15, 0.2) is 0 Å². The van der Waals surface area contributed by atoms with Gasteiger partial charge in [-0.05, 0) is 13.0 Å². The molecule has 1 fully saturated rings. The third-order valence-electron chi connectivity index (χ3n) is 2.45. The second-order valence-corrected chi connectivity index (χ2v) is 3.45. The first kappa shape index (κ1) is 9.86. The lowest BCUT2D eigenvalue weighted by atomic mass is 9.95. The molecular weight excluding hydrogens is 164 g/mol. The molecule has 0 aliphatic carbocycles. The summed E-state index contributed by atoms with van der Waals surface area (Å²) in [4.78, 5) is 1.61. The molecule has 0 aromatic carbocycles. The molecule has 0 aromatic heterocycles. The van der Waals surface area contributed by atoms with Gasteiger partial charge in [-0.2, -0.15) is 0 Å². The number of nitrogens with zero attached hydrogens (tertiary/aromatic N) is 1. The fourth-order valence-corrected chi connectivity index (χ4v) is 1.45. The summed E-state index contributed by atoms with van der Waals surface area (Å²) < 4.78 is 26.1. The second-order valence-electron chi connectivity index (χ2n) is 3.45. The lowest BCUT2D eigenvalue weighted by Crippen LogP contribution is -2.48. The Morgan fingerprint density at radius 2 is 2.25 bits per heavy atom. The molecule has 12 heavy (non-hydrogen) atoms. The molecule has 0 saturated carbocycles. The van der Waals surface area contributed by atoms with Crippen molar-refractivity contribution in [2.45, 2.75) is 19.3 Å². The SMILES string of the molecule is CC1CCN(CCO)CC1(F)F. The molecule has 1 unspecified atom stereocenters. The molecule has 0 amide bonds. The number of rotatable bonds is 2. The van der Waals surface area contributed by atoms with E-state index in [0.29, 0.717) is 19.5 Å². The fourth-order valence-electron chi connectivity index (χ4n) is 1.45. The molecule has 1 aliphatic heterocycles. The number of aliphatic hydroxyl groups excluding tert-OH is 1. The lowest BCUT2D eigenvalue weighted by molar-refractivity contribution is -0.106. The first-order valence-corrected chi connectivity index (χ1v) is 4.27. The maximum Gasteiger partial charge on any atom is 0.263 e. The molecule has 0 bridgehead atoms. The van der Waals surface area contributed by atoms with Crippen molar-refractivity contribution in [3.8, 4) is 0 Å². The minimum absolute atomic E-state index is 0.0372. The monoisotopic (exact) mass is 179 g/mol. The van der Waals surface area contributed by atoms with E-state index >= 15 is 0 Å². The Bertz CT molecular complexity index is 152. The van der Waals surface area contributed by atoms with Crippen molar-refractivity contribution in [3.05, 3.63) is 0 Å². The number of halogens is 2. The van der Waals surface area contributed by atoms with Crippen molar-refractivity contribution in [1.29, 1.82) is 0 Å². The first-order chi connectivity index (χ1) is 5.56. The van der Waals surface area contributed by atoms with Gasteiger partial charge in [-0.15, -0.1) is 0 Å². The van der Waals surface area contributed by atoms with Crippen LogP contribution in [0.25, 0.3) is 0 Å². The summed E-state index contributed by atoms with van der Waals surface area (Å²) in [6.07, 6.45) is 0.521. The number of aliphatic hydroxyl groups is 1. The van der Waals surface area contributed by atoms with Gasteiger partial charge in [0.05, 0.1) is 13.2 Å². The Kier molecular flexibility index (Phi) is 3.01. The number of hydrogen-bond donors (Lipinski definition) is 1. The molecule has 2 nitrogen and oxygen atoms in total. The van der Waals surface area contributed by atoms with Gasteiger partial charge in [0.15, 0.2) is 0 Å². The fraction of sp³-hybridized carbons (Fsp3) is 1.00. The van der Waals surface area contributed by atoms with E-state index in [0.717, 1.165) is 0 Å². The molecule has 1 aliphatic rings. The van der Waals surface area contributed by atoms with Crippen LogP contribution >= 0.6 is 0 Å². The summed E-state index contributed by atoms with van der Waals surface area (Å²) in [5.74, 6) is -3.10. The van der Waals surface area contributed by atoms with Crippen LogP contribution in [-0.4, -0.2) is 42.2 Å². The molecule has 0 aromatic rings. The van der Waals surface area contributed by atoms with Gasteiger partial charge in [-0.3, -0.25) is 4.90 Å². The van der Waals surface area contributed by atoms with Crippen molar-refractivity contribution in [2.24, 2.45) is 5.92 Å². The van der Waals surface area contributed by atoms with Gasteiger partial charge in [0, 0.05) is 12.5 Å². The number of alkyl halides is 2. The highest BCUT2D eigenvalue weighted by Crippen LogP contribution is 2.31. The molecule has 4 heteroatoms. The Labute approximate surface area is 71.2 Å². The van der Waals surface area contributed by atoms with E-state index in [-0.39, 0.29) is 13.2 Å². The van der Waals surface area contributed by atoms with E-state index in [1.165, 1.54) is 0 Å². The van der Waals surface area contributed by atoms with E-state index in [9.17, 15) is 8.78 Å². The topological polar surface area (TPSA) is 23.5 Å². The Hall–Kier alpha value is -0.220. The summed E-state index contributed by atoms with van der Waals surface area (Å²) in [5, 5.41) is 8.57. The molecule has 1 heterocycles. The molecule has 72 valence electrons. The third-order valence-corrected chi connectivity index (χ3v) is 2.45. The van der Waals surface area contributed by atoms with Crippen LogP contribution in [0.5, 0.6) is 0 Å². The third kappa shape index (κ3) is 2.14. The highest BCUT2D eigenvalue weighted by Gasteiger charge is 2.41. The zero-order valence-electron chi connectivity index (χ0n) is 7.26. The molecule has 1 saturated heterocycles. The van der Waals surface area contributed by atoms with Crippen molar-refractivity contribution < 1.29 is 13.9 Å². The normalized spacial score (nSPS) is 30.5. The van der Waals surface area contributed by atoms with Crippen LogP contribution in [0.4, 0.5) is 8.78 Å². The van der Waals surface area contributed by atoms with Gasteiger partial charge >= 0.3 is 0 Å². The van der Waals surface area contributed by atoms with Gasteiger partial charge in [0.2, 0.25) is 0 Å². The van der Waals surface area contributed by atoms with Gasteiger partial charge in [0.1, 0.15) is 0 Å². The first-order valence-electron chi connectivity index (χ1n) is 4.27. The van der Waals surface area contributed by atoms with Crippen molar-refractivity contribution in [1.82, 2.24) is 4.90 Å². The van der Waals surface area contributed by atoms with Crippen molar-refractivity contribution in [3.63, 3.8) is 0 Å². The Balaban J connectivity index is 2.45. The average Bonchev–Trinajstić information content (AvgIpc) is 1.97. The molecule has 1 rings (SSSR count). The number of likely N-dealkylation sites (tertiary alicyclic amines) is 1. The average molecular weight is 179 g/mol. The smallest absolute Gasteiger partial charge is 0.263 e. The molecule has 1 N–H and O–H groups in total. The van der Waals surface area contributed by atoms with E-state index in [2.05, 4.69) is 0 Å². The number of hydrogen-bond acceptors (Lipinski definition) is 2. The van der Waals surface area contributed by atoms with Crippen LogP contribution in [0.2, 0.25) is 0 Å². The lowest BCUT2D eigenvalue weighted by Gasteiger charge is -2.36. The van der Waals surface area contributed by atoms with Gasteiger partial charge in [-0.1, -0.05) is 6.92 Å². The van der Waals surface area contributed by atoms with Crippen LogP contribution in [0.1, 0.15) is 13.3 Å². The summed E-state index contributed by atoms with van der Waals surface area (Å²) >= 11 is 0. The Morgan fingerprint density at radius 1 is 1.58 bits per heavy atom. The predicted octanol–water partition coefficient (Wildman–Crippen LogP) is 0.956. The summed E-state index contributed by atoms with van der Waals surface area (Å²) in [6.45, 7) is 2.38. The number of β-amino-alcohol motifs (C(OH)–C–C–N with tert-alkyl or cyclic N) is 1. The van der Waals surface area contributed by atoms with E-state index in [1.807, 2.05) is 0 Å². The highest BCUT2D eigenvalue weighted by atomic mass is 19.3. The standard InChI is InChI=1S/C8H15F2NO/c1-7-2-3-11(4-5-12)6-8(7,9)10/h7,12H,2-6H2,1H3. The van der Waals surface area contributed by atoms with Gasteiger partial charge in [-0.25, -0.2) is 8.78 Å². The summed E-state index contributed by atoms with van der Waals surface area (Å²) in [7, 11) is 0. The largest absolute Gasteiger partial charge is 0.395 e. The van der Waals surface area contributed by atoms with Crippen molar-refractivity contribution in [2.75, 3.05) is 26.2 Å². The zero-order chi connectivity index (χ0) is 9.19. The maximum atomic E-state index is 13.0. The van der Waals surface area contributed by atoms with Crippen LogP contribution in [0.3, 0.4) is 0 Å². The van der Waals surface area contributed by atoms with Crippen LogP contribution < -0.4 is 0 Å². The van der Waals surface area contributed by atoms with Crippen LogP contribution in [0, 0.1) is 5.92 Å². The number of piperidine rings is 1. The molecule has 0 spiro atoms. The minimum Gasteiger partial charge on any atom is -0.395 e. The van der Waals surface area contributed by atoms with Gasteiger partial charge < -0.3 is 5.11 Å². The summed E-state index contributed by atoms with van der Waals surface area (Å²) in [6, 6.07) is 0. The maximum absolute atomic E-state index is 13.0.